The second-order valence-electron chi connectivity index (χ2n) is 5.65. The van der Waals surface area contributed by atoms with Crippen LogP contribution in [-0.4, -0.2) is 55.0 Å². The number of nitrogens with zero attached hydrogens (tertiary/aromatic N) is 3. The summed E-state index contributed by atoms with van der Waals surface area (Å²) in [6.45, 7) is 1.56. The Morgan fingerprint density at radius 3 is 2.79 bits per heavy atom. The highest BCUT2D eigenvalue weighted by atomic mass is 79.9. The number of amides is 1. The van der Waals surface area contributed by atoms with Crippen LogP contribution in [0.25, 0.3) is 0 Å². The van der Waals surface area contributed by atoms with Gasteiger partial charge in [0, 0.05) is 47.3 Å². The van der Waals surface area contributed by atoms with Crippen molar-refractivity contribution in [3.63, 3.8) is 0 Å². The summed E-state index contributed by atoms with van der Waals surface area (Å²) in [5.74, 6) is 0.0650. The Morgan fingerprint density at radius 1 is 1.46 bits per heavy atom. The molecule has 130 valence electrons. The monoisotopic (exact) mass is 411 g/mol. The maximum atomic E-state index is 13.2. The molecule has 2 aromatic heterocycles. The highest BCUT2D eigenvalue weighted by Crippen LogP contribution is 2.30. The van der Waals surface area contributed by atoms with Crippen LogP contribution in [0.5, 0.6) is 0 Å². The molecule has 7 heteroatoms. The molecule has 0 aromatic carbocycles. The first kappa shape index (κ1) is 19.1. The molecule has 0 aliphatic rings. The highest BCUT2D eigenvalue weighted by Gasteiger charge is 2.29. The van der Waals surface area contributed by atoms with Gasteiger partial charge < -0.3 is 9.64 Å². The molecule has 1 atom stereocenters. The van der Waals surface area contributed by atoms with Crippen molar-refractivity contribution in [2.75, 3.05) is 34.4 Å². The third kappa shape index (κ3) is 5.11. The van der Waals surface area contributed by atoms with Crippen LogP contribution in [-0.2, 0) is 16.1 Å². The van der Waals surface area contributed by atoms with Crippen molar-refractivity contribution in [3.05, 3.63) is 50.9 Å². The summed E-state index contributed by atoms with van der Waals surface area (Å²) in [6, 6.07) is 5.56. The lowest BCUT2D eigenvalue weighted by atomic mass is 10.1. The van der Waals surface area contributed by atoms with Crippen LogP contribution in [0.3, 0.4) is 0 Å². The molecule has 0 saturated heterocycles. The van der Waals surface area contributed by atoms with Gasteiger partial charge in [-0.3, -0.25) is 14.7 Å². The smallest absolute Gasteiger partial charge is 0.245 e. The minimum atomic E-state index is -0.310. The van der Waals surface area contributed by atoms with E-state index < -0.39 is 0 Å². The largest absolute Gasteiger partial charge is 0.383 e. The number of thiophene rings is 1. The van der Waals surface area contributed by atoms with E-state index in [0.29, 0.717) is 19.7 Å². The predicted octanol–water partition coefficient (Wildman–Crippen LogP) is 3.18. The van der Waals surface area contributed by atoms with E-state index in [0.717, 1.165) is 14.9 Å². The molecular weight excluding hydrogens is 390 g/mol. The van der Waals surface area contributed by atoms with E-state index >= 15 is 0 Å². The Labute approximate surface area is 155 Å². The van der Waals surface area contributed by atoms with E-state index in [1.54, 1.807) is 30.8 Å². The van der Waals surface area contributed by atoms with Crippen LogP contribution in [0.15, 0.2) is 40.4 Å². The second kappa shape index (κ2) is 9.27. The summed E-state index contributed by atoms with van der Waals surface area (Å²) in [6.07, 6.45) is 3.52. The zero-order valence-electron chi connectivity index (χ0n) is 14.1. The number of aromatic nitrogens is 1. The Hall–Kier alpha value is -1.28. The van der Waals surface area contributed by atoms with Crippen molar-refractivity contribution < 1.29 is 9.53 Å². The predicted molar refractivity (Wildman–Crippen MR) is 100.0 cm³/mol. The van der Waals surface area contributed by atoms with Gasteiger partial charge in [-0.1, -0.05) is 6.07 Å². The van der Waals surface area contributed by atoms with Crippen LogP contribution in [0.2, 0.25) is 0 Å². The van der Waals surface area contributed by atoms with E-state index in [9.17, 15) is 4.79 Å². The molecule has 0 N–H and O–H groups in total. The van der Waals surface area contributed by atoms with E-state index in [-0.39, 0.29) is 11.9 Å². The van der Waals surface area contributed by atoms with Gasteiger partial charge in [0.25, 0.3) is 0 Å². The summed E-state index contributed by atoms with van der Waals surface area (Å²) in [5.41, 5.74) is 1.01. The first-order valence-electron chi connectivity index (χ1n) is 7.60. The quantitative estimate of drug-likeness (QED) is 0.668. The number of methoxy groups -OCH3 is 1. The van der Waals surface area contributed by atoms with E-state index in [1.165, 1.54) is 0 Å². The van der Waals surface area contributed by atoms with Crippen molar-refractivity contribution in [1.82, 2.24) is 14.8 Å². The van der Waals surface area contributed by atoms with Crippen LogP contribution >= 0.6 is 27.3 Å². The van der Waals surface area contributed by atoms with E-state index in [1.807, 2.05) is 47.5 Å². The van der Waals surface area contributed by atoms with Gasteiger partial charge in [-0.2, -0.15) is 0 Å². The number of carbonyl (C=O) groups is 1. The fourth-order valence-electron chi connectivity index (χ4n) is 2.42. The standard InChI is InChI=1S/C17H22BrN3O2S/c1-20(2)16(15-9-14(18)12-24-15)17(22)21(7-8-23-3)11-13-5-4-6-19-10-13/h4-6,9-10,12,16H,7-8,11H2,1-3H3/t16-/m0/s1. The number of halogens is 1. The molecule has 2 rings (SSSR count). The first-order valence-corrected chi connectivity index (χ1v) is 9.27. The topological polar surface area (TPSA) is 45.7 Å². The normalized spacial score (nSPS) is 12.4. The van der Waals surface area contributed by atoms with Crippen molar-refractivity contribution in [1.29, 1.82) is 0 Å². The number of hydrogen-bond acceptors (Lipinski definition) is 5. The molecule has 1 amide bonds. The molecule has 0 aliphatic heterocycles. The van der Waals surface area contributed by atoms with Gasteiger partial charge in [-0.15, -0.1) is 11.3 Å². The summed E-state index contributed by atoms with van der Waals surface area (Å²) < 4.78 is 6.18. The second-order valence-corrected chi connectivity index (χ2v) is 7.51. The molecule has 0 spiro atoms. The molecule has 0 unspecified atom stereocenters. The van der Waals surface area contributed by atoms with Crippen LogP contribution < -0.4 is 0 Å². The fraction of sp³-hybridized carbons (Fsp3) is 0.412. The van der Waals surface area contributed by atoms with Gasteiger partial charge in [0.2, 0.25) is 5.91 Å². The maximum Gasteiger partial charge on any atom is 0.245 e. The van der Waals surface area contributed by atoms with E-state index in [2.05, 4.69) is 20.9 Å². The minimum absolute atomic E-state index is 0.0650. The molecule has 0 bridgehead atoms. The van der Waals surface area contributed by atoms with Crippen molar-refractivity contribution in [2.24, 2.45) is 0 Å². The molecule has 0 aliphatic carbocycles. The average molecular weight is 412 g/mol. The lowest BCUT2D eigenvalue weighted by molar-refractivity contribution is -0.137. The minimum Gasteiger partial charge on any atom is -0.383 e. The summed E-state index contributed by atoms with van der Waals surface area (Å²) >= 11 is 5.05. The third-order valence-corrected chi connectivity index (χ3v) is 5.33. The Bertz CT molecular complexity index is 648. The number of rotatable bonds is 8. The summed E-state index contributed by atoms with van der Waals surface area (Å²) in [5, 5.41) is 2.00. The number of hydrogen-bond donors (Lipinski definition) is 0. The molecule has 0 fully saturated rings. The molecule has 0 saturated carbocycles. The third-order valence-electron chi connectivity index (χ3n) is 3.58. The number of pyridine rings is 1. The molecule has 24 heavy (non-hydrogen) atoms. The van der Waals surface area contributed by atoms with Gasteiger partial charge in [-0.25, -0.2) is 0 Å². The Kier molecular flexibility index (Phi) is 7.36. The lowest BCUT2D eigenvalue weighted by Gasteiger charge is -2.30. The molecule has 2 aromatic rings. The average Bonchev–Trinajstić information content (AvgIpc) is 2.98. The fourth-order valence-corrected chi connectivity index (χ4v) is 4.05. The summed E-state index contributed by atoms with van der Waals surface area (Å²) in [4.78, 5) is 22.1. The van der Waals surface area contributed by atoms with Crippen LogP contribution in [0, 0.1) is 0 Å². The van der Waals surface area contributed by atoms with Gasteiger partial charge in [0.05, 0.1) is 6.61 Å². The molecule has 5 nitrogen and oxygen atoms in total. The molecule has 2 heterocycles. The molecular formula is C17H22BrN3O2S. The maximum absolute atomic E-state index is 13.2. The Balaban J connectivity index is 2.23. The van der Waals surface area contributed by atoms with Gasteiger partial charge >= 0.3 is 0 Å². The zero-order valence-corrected chi connectivity index (χ0v) is 16.5. The number of likely N-dealkylation sites (N-methyl/N-ethyl adjacent to an activating group) is 1. The van der Waals surface area contributed by atoms with Crippen LogP contribution in [0.4, 0.5) is 0 Å². The highest BCUT2D eigenvalue weighted by molar-refractivity contribution is 9.10. The number of carbonyl (C=O) groups excluding carboxylic acids is 1. The zero-order chi connectivity index (χ0) is 17.5. The Morgan fingerprint density at radius 2 is 2.25 bits per heavy atom. The van der Waals surface area contributed by atoms with Crippen LogP contribution in [0.1, 0.15) is 16.5 Å². The first-order chi connectivity index (χ1) is 11.5. The van der Waals surface area contributed by atoms with E-state index in [4.69, 9.17) is 4.74 Å². The number of ether oxygens (including phenoxy) is 1. The van der Waals surface area contributed by atoms with Crippen molar-refractivity contribution in [3.8, 4) is 0 Å². The SMILES string of the molecule is COCCN(Cc1cccnc1)C(=O)[C@H](c1cc(Br)cs1)N(C)C. The summed E-state index contributed by atoms with van der Waals surface area (Å²) in [7, 11) is 5.50. The molecule has 0 radical (unpaired) electrons. The van der Waals surface area contributed by atoms with Gasteiger partial charge in [0.1, 0.15) is 6.04 Å². The van der Waals surface area contributed by atoms with Gasteiger partial charge in [0.15, 0.2) is 0 Å². The van der Waals surface area contributed by atoms with Gasteiger partial charge in [-0.05, 0) is 47.7 Å². The van der Waals surface area contributed by atoms with Crippen molar-refractivity contribution in [2.45, 2.75) is 12.6 Å². The van der Waals surface area contributed by atoms with Crippen molar-refractivity contribution >= 4 is 33.2 Å². The lowest BCUT2D eigenvalue weighted by Crippen LogP contribution is -2.41.